The number of carbonyl (C=O) groups excluding carboxylic acids is 1. The molecule has 0 atom stereocenters. The zero-order valence-corrected chi connectivity index (χ0v) is 14.1. The van der Waals surface area contributed by atoms with E-state index in [0.29, 0.717) is 22.1 Å². The predicted molar refractivity (Wildman–Crippen MR) is 89.2 cm³/mol. The fraction of sp³-hybridized carbons (Fsp3) is 0.429. The highest BCUT2D eigenvalue weighted by Crippen LogP contribution is 2.28. The lowest BCUT2D eigenvalue weighted by Gasteiger charge is -2.29. The molecule has 2 N–H and O–H groups in total. The average molecular weight is 376 g/mol. The van der Waals surface area contributed by atoms with Gasteiger partial charge in [0.1, 0.15) is 0 Å². The number of amides is 1. The molecular weight excluding hydrogens is 360 g/mol. The van der Waals surface area contributed by atoms with Crippen molar-refractivity contribution in [2.24, 2.45) is 5.73 Å². The van der Waals surface area contributed by atoms with Crippen molar-refractivity contribution in [3.05, 3.63) is 33.3 Å². The molecule has 0 heterocycles. The summed E-state index contributed by atoms with van der Waals surface area (Å²) in [4.78, 5) is 14.8. The summed E-state index contributed by atoms with van der Waals surface area (Å²) < 4.78 is 0.826. The van der Waals surface area contributed by atoms with Crippen LogP contribution < -0.4 is 5.73 Å². The minimum atomic E-state index is -0.101. The van der Waals surface area contributed by atoms with Gasteiger partial charge in [-0.1, -0.05) is 52.6 Å². The van der Waals surface area contributed by atoms with E-state index in [4.69, 9.17) is 29.6 Å². The molecule has 6 heteroatoms. The van der Waals surface area contributed by atoms with Crippen LogP contribution >= 0.6 is 39.7 Å². The summed E-state index contributed by atoms with van der Waals surface area (Å²) >= 11 is 14.5. The molecule has 2 rings (SSSR count). The maximum absolute atomic E-state index is 12.7. The third-order valence-electron chi connectivity index (χ3n) is 3.51. The lowest BCUT2D eigenvalue weighted by Crippen LogP contribution is -2.43. The molecular formula is C14H16BrClN2OS. The number of nitrogens with zero attached hydrogens (tertiary/aromatic N) is 1. The minimum absolute atomic E-state index is 0.101. The first-order chi connectivity index (χ1) is 9.49. The number of benzene rings is 1. The van der Waals surface area contributed by atoms with E-state index in [1.165, 1.54) is 0 Å². The highest BCUT2D eigenvalue weighted by Gasteiger charge is 2.28. The lowest BCUT2D eigenvalue weighted by atomic mass is 10.1. The molecule has 1 aromatic rings. The maximum atomic E-state index is 12.7. The van der Waals surface area contributed by atoms with Crippen LogP contribution in [-0.4, -0.2) is 28.4 Å². The summed E-state index contributed by atoms with van der Waals surface area (Å²) in [6.07, 6.45) is 4.27. The molecule has 0 bridgehead atoms. The normalized spacial score (nSPS) is 15.3. The van der Waals surface area contributed by atoms with Crippen molar-refractivity contribution in [3.63, 3.8) is 0 Å². The van der Waals surface area contributed by atoms with Crippen molar-refractivity contribution in [2.75, 3.05) is 6.54 Å². The summed E-state index contributed by atoms with van der Waals surface area (Å²) in [6.45, 7) is 0.307. The van der Waals surface area contributed by atoms with Gasteiger partial charge in [-0.15, -0.1) is 0 Å². The van der Waals surface area contributed by atoms with Gasteiger partial charge >= 0.3 is 0 Å². The standard InChI is InChI=1S/C14H16BrClN2OS/c15-9-5-6-12(16)11(7-9)14(19)18(8-13(17)20)10-3-1-2-4-10/h5-7,10H,1-4,8H2,(H2,17,20). The molecule has 1 aliphatic carbocycles. The van der Waals surface area contributed by atoms with Gasteiger partial charge in [0.2, 0.25) is 0 Å². The average Bonchev–Trinajstić information content (AvgIpc) is 2.91. The molecule has 1 saturated carbocycles. The van der Waals surface area contributed by atoms with E-state index >= 15 is 0 Å². The van der Waals surface area contributed by atoms with E-state index in [1.54, 1.807) is 17.0 Å². The zero-order chi connectivity index (χ0) is 14.7. The highest BCUT2D eigenvalue weighted by atomic mass is 79.9. The van der Waals surface area contributed by atoms with Crippen molar-refractivity contribution in [2.45, 2.75) is 31.7 Å². The second kappa shape index (κ2) is 6.87. The molecule has 0 saturated heterocycles. The molecule has 0 aromatic heterocycles. The van der Waals surface area contributed by atoms with E-state index in [2.05, 4.69) is 15.9 Å². The smallest absolute Gasteiger partial charge is 0.256 e. The molecule has 0 aliphatic heterocycles. The van der Waals surface area contributed by atoms with E-state index in [9.17, 15) is 4.79 Å². The van der Waals surface area contributed by atoms with Crippen molar-refractivity contribution in [1.29, 1.82) is 0 Å². The van der Waals surface area contributed by atoms with Gasteiger partial charge in [0.25, 0.3) is 5.91 Å². The Morgan fingerprint density at radius 3 is 2.70 bits per heavy atom. The molecule has 1 amide bonds. The Morgan fingerprint density at radius 2 is 2.10 bits per heavy atom. The van der Waals surface area contributed by atoms with E-state index in [1.807, 2.05) is 6.07 Å². The summed E-state index contributed by atoms with van der Waals surface area (Å²) in [6, 6.07) is 5.48. The van der Waals surface area contributed by atoms with Crippen molar-refractivity contribution in [1.82, 2.24) is 4.90 Å². The van der Waals surface area contributed by atoms with E-state index in [-0.39, 0.29) is 11.9 Å². The number of hydrogen-bond acceptors (Lipinski definition) is 2. The Bertz CT molecular complexity index is 532. The first-order valence-corrected chi connectivity index (χ1v) is 8.11. The molecule has 20 heavy (non-hydrogen) atoms. The first kappa shape index (κ1) is 15.7. The SMILES string of the molecule is NC(=S)CN(C(=O)c1cc(Br)ccc1Cl)C1CCCC1. The summed E-state index contributed by atoms with van der Waals surface area (Å²) in [5, 5.41) is 0.448. The quantitative estimate of drug-likeness (QED) is 0.815. The summed E-state index contributed by atoms with van der Waals surface area (Å²) in [5.41, 5.74) is 6.13. The van der Waals surface area contributed by atoms with Gasteiger partial charge in [0, 0.05) is 10.5 Å². The summed E-state index contributed by atoms with van der Waals surface area (Å²) in [7, 11) is 0. The predicted octanol–water partition coefficient (Wildman–Crippen LogP) is 3.77. The van der Waals surface area contributed by atoms with Gasteiger partial charge in [-0.2, -0.15) is 0 Å². The topological polar surface area (TPSA) is 46.3 Å². The second-order valence-electron chi connectivity index (χ2n) is 4.96. The first-order valence-electron chi connectivity index (χ1n) is 6.53. The monoisotopic (exact) mass is 374 g/mol. The molecule has 0 spiro atoms. The van der Waals surface area contributed by atoms with Gasteiger partial charge in [0.05, 0.1) is 22.1 Å². The molecule has 1 fully saturated rings. The van der Waals surface area contributed by atoms with Crippen LogP contribution in [0.15, 0.2) is 22.7 Å². The molecule has 108 valence electrons. The molecule has 1 aliphatic rings. The van der Waals surface area contributed by atoms with Gasteiger partial charge in [0.15, 0.2) is 0 Å². The van der Waals surface area contributed by atoms with Crippen molar-refractivity contribution < 1.29 is 4.79 Å². The molecule has 1 aromatic carbocycles. The number of nitrogens with two attached hydrogens (primary N) is 1. The van der Waals surface area contributed by atoms with Gasteiger partial charge in [-0.25, -0.2) is 0 Å². The van der Waals surface area contributed by atoms with Crippen LogP contribution in [0.4, 0.5) is 0 Å². The fourth-order valence-corrected chi connectivity index (χ4v) is 3.27. The van der Waals surface area contributed by atoms with Crippen LogP contribution in [0.5, 0.6) is 0 Å². The number of rotatable bonds is 4. The largest absolute Gasteiger partial charge is 0.392 e. The maximum Gasteiger partial charge on any atom is 0.256 e. The van der Waals surface area contributed by atoms with Crippen LogP contribution in [0.1, 0.15) is 36.0 Å². The minimum Gasteiger partial charge on any atom is -0.392 e. The Morgan fingerprint density at radius 1 is 1.45 bits per heavy atom. The highest BCUT2D eigenvalue weighted by molar-refractivity contribution is 9.10. The number of hydrogen-bond donors (Lipinski definition) is 1. The van der Waals surface area contributed by atoms with Crippen LogP contribution in [0.25, 0.3) is 0 Å². The van der Waals surface area contributed by atoms with Crippen LogP contribution in [0, 0.1) is 0 Å². The van der Waals surface area contributed by atoms with Crippen LogP contribution in [0.3, 0.4) is 0 Å². The third kappa shape index (κ3) is 3.71. The van der Waals surface area contributed by atoms with E-state index < -0.39 is 0 Å². The molecule has 0 unspecified atom stereocenters. The zero-order valence-electron chi connectivity index (χ0n) is 10.9. The van der Waals surface area contributed by atoms with Gasteiger partial charge < -0.3 is 10.6 Å². The van der Waals surface area contributed by atoms with Gasteiger partial charge in [-0.3, -0.25) is 4.79 Å². The van der Waals surface area contributed by atoms with Gasteiger partial charge in [-0.05, 0) is 31.0 Å². The Hall–Kier alpha value is -0.650. The Balaban J connectivity index is 2.29. The number of halogens is 2. The molecule has 0 radical (unpaired) electrons. The van der Waals surface area contributed by atoms with Crippen LogP contribution in [-0.2, 0) is 0 Å². The third-order valence-corrected chi connectivity index (χ3v) is 4.46. The Labute approximate surface area is 137 Å². The summed E-state index contributed by atoms with van der Waals surface area (Å²) in [5.74, 6) is -0.101. The van der Waals surface area contributed by atoms with Crippen molar-refractivity contribution >= 4 is 50.6 Å². The number of carbonyl (C=O) groups is 1. The Kier molecular flexibility index (Phi) is 5.41. The van der Waals surface area contributed by atoms with Crippen LogP contribution in [0.2, 0.25) is 5.02 Å². The van der Waals surface area contributed by atoms with E-state index in [0.717, 1.165) is 30.2 Å². The second-order valence-corrected chi connectivity index (χ2v) is 6.81. The fourth-order valence-electron chi connectivity index (χ4n) is 2.57. The number of thiocarbonyl (C=S) groups is 1. The molecule has 3 nitrogen and oxygen atoms in total. The lowest BCUT2D eigenvalue weighted by molar-refractivity contribution is 0.0715. The van der Waals surface area contributed by atoms with Crippen molar-refractivity contribution in [3.8, 4) is 0 Å².